The summed E-state index contributed by atoms with van der Waals surface area (Å²) in [5.74, 6) is 0. The number of nitrogens with zero attached hydrogens (tertiary/aromatic N) is 1. The van der Waals surface area contributed by atoms with Gasteiger partial charge in [-0.1, -0.05) is 27.7 Å². The lowest BCUT2D eigenvalue weighted by molar-refractivity contribution is -0.158. The van der Waals surface area contributed by atoms with Gasteiger partial charge < -0.3 is 10.8 Å². The van der Waals surface area contributed by atoms with Crippen molar-refractivity contribution in [2.75, 3.05) is 19.7 Å². The fourth-order valence-corrected chi connectivity index (χ4v) is 2.36. The van der Waals surface area contributed by atoms with Gasteiger partial charge in [-0.15, -0.1) is 0 Å². The monoisotopic (exact) mass is 270 g/mol. The summed E-state index contributed by atoms with van der Waals surface area (Å²) in [5.41, 5.74) is 5.58. The Hall–Kier alpha value is -0.330. The number of halogens is 3. The number of nitrogens with two attached hydrogens (primary N) is 1. The van der Waals surface area contributed by atoms with E-state index in [4.69, 9.17) is 10.8 Å². The fourth-order valence-electron chi connectivity index (χ4n) is 2.36. The summed E-state index contributed by atoms with van der Waals surface area (Å²) in [6.45, 7) is 6.10. The first-order chi connectivity index (χ1) is 8.03. The zero-order valence-electron chi connectivity index (χ0n) is 11.6. The van der Waals surface area contributed by atoms with E-state index in [1.165, 1.54) is 4.90 Å². The van der Waals surface area contributed by atoms with Gasteiger partial charge in [-0.05, 0) is 11.8 Å². The average molecular weight is 270 g/mol. The van der Waals surface area contributed by atoms with Gasteiger partial charge in [-0.3, -0.25) is 4.90 Å². The topological polar surface area (TPSA) is 49.5 Å². The van der Waals surface area contributed by atoms with Crippen molar-refractivity contribution in [3.8, 4) is 0 Å². The van der Waals surface area contributed by atoms with Crippen LogP contribution in [0.15, 0.2) is 0 Å². The summed E-state index contributed by atoms with van der Waals surface area (Å²) < 4.78 is 37.7. The van der Waals surface area contributed by atoms with Crippen molar-refractivity contribution in [3.05, 3.63) is 0 Å². The Labute approximate surface area is 107 Å². The number of hydrogen-bond acceptors (Lipinski definition) is 3. The molecule has 0 radical (unpaired) electrons. The highest BCUT2D eigenvalue weighted by molar-refractivity contribution is 4.91. The van der Waals surface area contributed by atoms with E-state index in [1.807, 2.05) is 27.7 Å². The van der Waals surface area contributed by atoms with E-state index in [0.717, 1.165) is 0 Å². The van der Waals surface area contributed by atoms with E-state index in [9.17, 15) is 13.2 Å². The Bertz CT molecular complexity index is 238. The van der Waals surface area contributed by atoms with Crippen LogP contribution in [0, 0.1) is 5.41 Å². The van der Waals surface area contributed by atoms with E-state index in [-0.39, 0.29) is 24.6 Å². The maximum Gasteiger partial charge on any atom is 0.401 e. The van der Waals surface area contributed by atoms with E-state index < -0.39 is 18.8 Å². The molecule has 6 heteroatoms. The molecule has 2 unspecified atom stereocenters. The molecule has 0 aliphatic heterocycles. The third-order valence-corrected chi connectivity index (χ3v) is 2.93. The summed E-state index contributed by atoms with van der Waals surface area (Å²) in [6, 6.07) is -0.768. The van der Waals surface area contributed by atoms with Gasteiger partial charge in [0.05, 0.1) is 13.2 Å². The SMILES string of the molecule is CCC(N)C(N(CCO)CC(F)(F)F)C(C)(C)C. The second kappa shape index (κ2) is 6.73. The first-order valence-electron chi connectivity index (χ1n) is 6.20. The molecule has 0 bridgehead atoms. The zero-order chi connectivity index (χ0) is 14.6. The molecule has 0 spiro atoms. The van der Waals surface area contributed by atoms with Gasteiger partial charge in [0.15, 0.2) is 0 Å². The predicted molar refractivity (Wildman–Crippen MR) is 66.2 cm³/mol. The molecule has 110 valence electrons. The van der Waals surface area contributed by atoms with E-state index >= 15 is 0 Å². The van der Waals surface area contributed by atoms with Crippen LogP contribution >= 0.6 is 0 Å². The molecule has 18 heavy (non-hydrogen) atoms. The minimum atomic E-state index is -4.29. The summed E-state index contributed by atoms with van der Waals surface area (Å²) in [4.78, 5) is 1.24. The minimum absolute atomic E-state index is 0.0187. The maximum absolute atomic E-state index is 12.6. The Kier molecular flexibility index (Phi) is 6.60. The van der Waals surface area contributed by atoms with Crippen LogP contribution in [-0.2, 0) is 0 Å². The van der Waals surface area contributed by atoms with E-state index in [0.29, 0.717) is 6.42 Å². The van der Waals surface area contributed by atoms with Crippen LogP contribution in [0.1, 0.15) is 34.1 Å². The van der Waals surface area contributed by atoms with E-state index in [1.54, 1.807) is 0 Å². The van der Waals surface area contributed by atoms with Crippen LogP contribution < -0.4 is 5.73 Å². The van der Waals surface area contributed by atoms with Crippen molar-refractivity contribution < 1.29 is 18.3 Å². The Morgan fingerprint density at radius 1 is 1.22 bits per heavy atom. The van der Waals surface area contributed by atoms with Crippen molar-refractivity contribution in [2.45, 2.75) is 52.4 Å². The molecule has 3 N–H and O–H groups in total. The third-order valence-electron chi connectivity index (χ3n) is 2.93. The lowest BCUT2D eigenvalue weighted by Gasteiger charge is -2.43. The summed E-state index contributed by atoms with van der Waals surface area (Å²) in [5, 5.41) is 8.95. The van der Waals surface area contributed by atoms with Crippen molar-refractivity contribution in [3.63, 3.8) is 0 Å². The van der Waals surface area contributed by atoms with Gasteiger partial charge in [0, 0.05) is 18.6 Å². The molecule has 0 fully saturated rings. The van der Waals surface area contributed by atoms with Gasteiger partial charge >= 0.3 is 6.18 Å². The molecule has 0 aromatic heterocycles. The lowest BCUT2D eigenvalue weighted by Crippen LogP contribution is -2.57. The van der Waals surface area contributed by atoms with Crippen molar-refractivity contribution >= 4 is 0 Å². The van der Waals surface area contributed by atoms with Crippen LogP contribution in [0.2, 0.25) is 0 Å². The molecule has 0 saturated heterocycles. The molecule has 2 atom stereocenters. The van der Waals surface area contributed by atoms with Crippen LogP contribution in [-0.4, -0.2) is 48.0 Å². The molecular weight excluding hydrogens is 245 g/mol. The van der Waals surface area contributed by atoms with Crippen molar-refractivity contribution in [2.24, 2.45) is 11.1 Å². The second-order valence-electron chi connectivity index (χ2n) is 5.69. The molecule has 0 aliphatic rings. The van der Waals surface area contributed by atoms with Crippen LogP contribution in [0.3, 0.4) is 0 Å². The van der Waals surface area contributed by atoms with Crippen LogP contribution in [0.25, 0.3) is 0 Å². The quantitative estimate of drug-likeness (QED) is 0.776. The first kappa shape index (κ1) is 17.7. The van der Waals surface area contributed by atoms with Crippen LogP contribution in [0.5, 0.6) is 0 Å². The lowest BCUT2D eigenvalue weighted by atomic mass is 9.80. The highest BCUT2D eigenvalue weighted by Crippen LogP contribution is 2.30. The second-order valence-corrected chi connectivity index (χ2v) is 5.69. The normalized spacial score (nSPS) is 17.0. The average Bonchev–Trinajstić information content (AvgIpc) is 2.13. The van der Waals surface area contributed by atoms with Gasteiger partial charge in [0.2, 0.25) is 0 Å². The first-order valence-corrected chi connectivity index (χ1v) is 6.20. The van der Waals surface area contributed by atoms with Crippen molar-refractivity contribution in [1.82, 2.24) is 4.90 Å². The summed E-state index contributed by atoms with van der Waals surface area (Å²) in [7, 11) is 0. The van der Waals surface area contributed by atoms with Crippen molar-refractivity contribution in [1.29, 1.82) is 0 Å². The summed E-state index contributed by atoms with van der Waals surface area (Å²) >= 11 is 0. The number of alkyl halides is 3. The third kappa shape index (κ3) is 6.02. The van der Waals surface area contributed by atoms with Gasteiger partial charge in [-0.25, -0.2) is 0 Å². The Morgan fingerprint density at radius 3 is 2.00 bits per heavy atom. The van der Waals surface area contributed by atoms with Crippen LogP contribution in [0.4, 0.5) is 13.2 Å². The largest absolute Gasteiger partial charge is 0.401 e. The van der Waals surface area contributed by atoms with Gasteiger partial charge in [0.25, 0.3) is 0 Å². The van der Waals surface area contributed by atoms with E-state index in [2.05, 4.69) is 0 Å². The maximum atomic E-state index is 12.6. The van der Waals surface area contributed by atoms with Gasteiger partial charge in [0.1, 0.15) is 0 Å². The number of hydrogen-bond donors (Lipinski definition) is 2. The highest BCUT2D eigenvalue weighted by Gasteiger charge is 2.40. The molecule has 0 aromatic carbocycles. The molecule has 0 amide bonds. The molecule has 0 saturated carbocycles. The Balaban J connectivity index is 5.10. The Morgan fingerprint density at radius 2 is 1.72 bits per heavy atom. The number of aliphatic hydroxyl groups is 1. The molecule has 0 heterocycles. The number of rotatable bonds is 6. The highest BCUT2D eigenvalue weighted by atomic mass is 19.4. The van der Waals surface area contributed by atoms with Gasteiger partial charge in [-0.2, -0.15) is 13.2 Å². The number of aliphatic hydroxyl groups excluding tert-OH is 1. The molecule has 3 nitrogen and oxygen atoms in total. The minimum Gasteiger partial charge on any atom is -0.395 e. The summed E-state index contributed by atoms with van der Waals surface area (Å²) in [6.07, 6.45) is -3.69. The molecule has 0 aromatic rings. The fraction of sp³-hybridized carbons (Fsp3) is 1.00. The smallest absolute Gasteiger partial charge is 0.395 e. The standard InChI is InChI=1S/C12H25F3N2O/c1-5-9(16)10(11(2,3)4)17(6-7-18)8-12(13,14)15/h9-10,18H,5-8,16H2,1-4H3. The molecule has 0 aliphatic carbocycles. The zero-order valence-corrected chi connectivity index (χ0v) is 11.6. The molecule has 0 rings (SSSR count). The molecular formula is C12H25F3N2O. The predicted octanol–water partition coefficient (Wildman–Crippen LogP) is 1.99.